The molecule has 0 saturated carbocycles. The van der Waals surface area contributed by atoms with E-state index in [0.717, 1.165) is 29.8 Å². The van der Waals surface area contributed by atoms with Crippen LogP contribution < -0.4 is 0 Å². The van der Waals surface area contributed by atoms with Gasteiger partial charge in [-0.25, -0.2) is 4.79 Å². The summed E-state index contributed by atoms with van der Waals surface area (Å²) in [7, 11) is -4.35. The average Bonchev–Trinajstić information content (AvgIpc) is 2.59. The van der Waals surface area contributed by atoms with E-state index in [2.05, 4.69) is 0 Å². The number of non-ortho nitro benzene ring substituents is 1. The van der Waals surface area contributed by atoms with Gasteiger partial charge in [0.15, 0.2) is 6.10 Å². The Morgan fingerprint density at radius 1 is 1.12 bits per heavy atom. The zero-order chi connectivity index (χ0) is 18.4. The quantitative estimate of drug-likeness (QED) is 0.432. The van der Waals surface area contributed by atoms with Crippen LogP contribution in [0, 0.1) is 10.1 Å². The minimum absolute atomic E-state index is 0.0362. The van der Waals surface area contributed by atoms with E-state index in [1.165, 1.54) is 0 Å². The maximum absolute atomic E-state index is 12.2. The lowest BCUT2D eigenvalue weighted by atomic mass is 10.1. The molecule has 0 fully saturated rings. The summed E-state index contributed by atoms with van der Waals surface area (Å²) in [4.78, 5) is 20.9. The fourth-order valence-corrected chi connectivity index (χ4v) is 3.16. The molecule has 1 atom stereocenters. The van der Waals surface area contributed by atoms with E-state index in [1.807, 2.05) is 6.07 Å². The molecule has 0 amide bonds. The minimum atomic E-state index is -4.35. The van der Waals surface area contributed by atoms with E-state index >= 15 is 0 Å². The second kappa shape index (κ2) is 7.86. The molecule has 0 bridgehead atoms. The topological polar surface area (TPSA) is 124 Å². The summed E-state index contributed by atoms with van der Waals surface area (Å²) >= 11 is 0. The lowest BCUT2D eigenvalue weighted by Gasteiger charge is -2.13. The van der Waals surface area contributed by atoms with E-state index < -0.39 is 27.1 Å². The number of carboxylic acid groups (broad SMARTS) is 1. The van der Waals surface area contributed by atoms with Crippen molar-refractivity contribution < 1.29 is 27.4 Å². The highest BCUT2D eigenvalue weighted by Crippen LogP contribution is 2.20. The van der Waals surface area contributed by atoms with Gasteiger partial charge in [-0.2, -0.15) is 8.42 Å². The molecular formula is C16H15NO7S. The Labute approximate surface area is 144 Å². The Balaban J connectivity index is 2.11. The third-order valence-corrected chi connectivity index (χ3v) is 4.73. The first-order valence-electron chi connectivity index (χ1n) is 7.24. The van der Waals surface area contributed by atoms with Gasteiger partial charge in [0.2, 0.25) is 0 Å². The zero-order valence-corrected chi connectivity index (χ0v) is 13.8. The van der Waals surface area contributed by atoms with Gasteiger partial charge in [-0.1, -0.05) is 30.3 Å². The number of hydrogen-bond donors (Lipinski definition) is 1. The van der Waals surface area contributed by atoms with Crippen LogP contribution >= 0.6 is 0 Å². The largest absolute Gasteiger partial charge is 0.479 e. The maximum Gasteiger partial charge on any atom is 0.334 e. The van der Waals surface area contributed by atoms with Crippen molar-refractivity contribution in [3.05, 3.63) is 70.3 Å². The molecule has 0 saturated heterocycles. The lowest BCUT2D eigenvalue weighted by Crippen LogP contribution is -2.27. The van der Waals surface area contributed by atoms with Crippen LogP contribution in [0.5, 0.6) is 0 Å². The van der Waals surface area contributed by atoms with Crippen LogP contribution in [0.15, 0.2) is 59.5 Å². The summed E-state index contributed by atoms with van der Waals surface area (Å²) in [5.41, 5.74) is 0.572. The first-order valence-corrected chi connectivity index (χ1v) is 8.65. The Bertz CT molecular complexity index is 848. The van der Waals surface area contributed by atoms with Crippen LogP contribution in [0.1, 0.15) is 12.0 Å². The van der Waals surface area contributed by atoms with Crippen LogP contribution in [-0.2, 0) is 25.5 Å². The third kappa shape index (κ3) is 5.10. The van der Waals surface area contributed by atoms with E-state index in [4.69, 9.17) is 4.18 Å². The molecule has 1 N–H and O–H groups in total. The van der Waals surface area contributed by atoms with Gasteiger partial charge in [-0.3, -0.25) is 14.3 Å². The number of carboxylic acids is 1. The molecule has 2 rings (SSSR count). The molecule has 1 unspecified atom stereocenters. The zero-order valence-electron chi connectivity index (χ0n) is 12.9. The summed E-state index contributed by atoms with van der Waals surface area (Å²) in [6.45, 7) is 0. The monoisotopic (exact) mass is 365 g/mol. The van der Waals surface area contributed by atoms with Crippen LogP contribution in [0.2, 0.25) is 0 Å². The normalized spacial score (nSPS) is 12.5. The molecule has 0 aliphatic carbocycles. The van der Waals surface area contributed by atoms with Gasteiger partial charge in [0.05, 0.1) is 9.82 Å². The van der Waals surface area contributed by atoms with Crippen LogP contribution in [0.3, 0.4) is 0 Å². The molecule has 0 aliphatic heterocycles. The molecule has 2 aromatic rings. The summed E-state index contributed by atoms with van der Waals surface area (Å²) in [6, 6.07) is 13.0. The Kier molecular flexibility index (Phi) is 5.84. The smallest absolute Gasteiger partial charge is 0.334 e. The summed E-state index contributed by atoms with van der Waals surface area (Å²) in [5.74, 6) is -1.40. The molecule has 9 heteroatoms. The number of nitro benzene ring substituents is 1. The molecule has 0 heterocycles. The van der Waals surface area contributed by atoms with Crippen LogP contribution in [0.25, 0.3) is 0 Å². The highest BCUT2D eigenvalue weighted by Gasteiger charge is 2.27. The average molecular weight is 365 g/mol. The van der Waals surface area contributed by atoms with Gasteiger partial charge < -0.3 is 5.11 Å². The van der Waals surface area contributed by atoms with Gasteiger partial charge in [0.1, 0.15) is 0 Å². The third-order valence-electron chi connectivity index (χ3n) is 3.39. The number of hydrogen-bond acceptors (Lipinski definition) is 6. The molecule has 0 aromatic heterocycles. The predicted molar refractivity (Wildman–Crippen MR) is 87.6 cm³/mol. The Morgan fingerprint density at radius 3 is 2.24 bits per heavy atom. The summed E-state index contributed by atoms with van der Waals surface area (Å²) in [6.07, 6.45) is -1.26. The number of carbonyl (C=O) groups is 1. The first-order chi connectivity index (χ1) is 11.8. The number of nitrogens with zero attached hydrogens (tertiary/aromatic N) is 1. The van der Waals surface area contributed by atoms with Crippen LogP contribution in [0.4, 0.5) is 5.69 Å². The molecular weight excluding hydrogens is 350 g/mol. The second-order valence-corrected chi connectivity index (χ2v) is 6.72. The van der Waals surface area contributed by atoms with Gasteiger partial charge in [0, 0.05) is 12.1 Å². The number of aryl methyl sites for hydroxylation is 1. The first kappa shape index (κ1) is 18.6. The van der Waals surface area contributed by atoms with Gasteiger partial charge in [-0.05, 0) is 30.5 Å². The Morgan fingerprint density at radius 2 is 1.72 bits per heavy atom. The van der Waals surface area contributed by atoms with Crippen molar-refractivity contribution >= 4 is 21.8 Å². The van der Waals surface area contributed by atoms with E-state index in [9.17, 15) is 28.4 Å². The molecule has 25 heavy (non-hydrogen) atoms. The van der Waals surface area contributed by atoms with Crippen molar-refractivity contribution in [1.29, 1.82) is 0 Å². The maximum atomic E-state index is 12.2. The highest BCUT2D eigenvalue weighted by atomic mass is 32.2. The predicted octanol–water partition coefficient (Wildman–Crippen LogP) is 2.39. The number of aliphatic carboxylic acids is 1. The number of benzene rings is 2. The summed E-state index contributed by atoms with van der Waals surface area (Å²) in [5, 5.41) is 19.8. The number of rotatable bonds is 8. The van der Waals surface area contributed by atoms with Crippen molar-refractivity contribution in [3.8, 4) is 0 Å². The lowest BCUT2D eigenvalue weighted by molar-refractivity contribution is -0.384. The Hall–Kier alpha value is -2.78. The highest BCUT2D eigenvalue weighted by molar-refractivity contribution is 7.86. The molecule has 8 nitrogen and oxygen atoms in total. The molecule has 0 aliphatic rings. The SMILES string of the molecule is O=C(O)C(CCc1ccccc1)OS(=O)(=O)c1ccc([N+](=O)[O-])cc1. The number of nitro groups is 1. The van der Waals surface area contributed by atoms with Crippen molar-refractivity contribution in [2.24, 2.45) is 0 Å². The standard InChI is InChI=1S/C16H15NO7S/c18-16(19)15(11-6-12-4-2-1-3-5-12)24-25(22,23)14-9-7-13(8-10-14)17(20)21/h1-5,7-10,15H,6,11H2,(H,18,19). The van der Waals surface area contributed by atoms with Gasteiger partial charge >= 0.3 is 5.97 Å². The minimum Gasteiger partial charge on any atom is -0.479 e. The van der Waals surface area contributed by atoms with Gasteiger partial charge in [0.25, 0.3) is 15.8 Å². The van der Waals surface area contributed by atoms with Gasteiger partial charge in [-0.15, -0.1) is 0 Å². The molecule has 132 valence electrons. The fourth-order valence-electron chi connectivity index (χ4n) is 2.10. The van der Waals surface area contributed by atoms with Crippen molar-refractivity contribution in [2.45, 2.75) is 23.8 Å². The van der Waals surface area contributed by atoms with Crippen LogP contribution in [-0.4, -0.2) is 30.5 Å². The van der Waals surface area contributed by atoms with E-state index in [1.54, 1.807) is 24.3 Å². The van der Waals surface area contributed by atoms with Crippen molar-refractivity contribution in [2.75, 3.05) is 0 Å². The molecule has 0 radical (unpaired) electrons. The van der Waals surface area contributed by atoms with E-state index in [-0.39, 0.29) is 17.0 Å². The second-order valence-electron chi connectivity index (χ2n) is 5.15. The van der Waals surface area contributed by atoms with E-state index in [0.29, 0.717) is 6.42 Å². The molecule has 0 spiro atoms. The van der Waals surface area contributed by atoms with Crippen molar-refractivity contribution in [3.63, 3.8) is 0 Å². The fraction of sp³-hybridized carbons (Fsp3) is 0.188. The molecule has 2 aromatic carbocycles. The van der Waals surface area contributed by atoms with Crippen molar-refractivity contribution in [1.82, 2.24) is 0 Å². The summed E-state index contributed by atoms with van der Waals surface area (Å²) < 4.78 is 29.2.